The summed E-state index contributed by atoms with van der Waals surface area (Å²) in [5.74, 6) is -2.60. The third-order valence-electron chi connectivity index (χ3n) is 3.52. The molecular weight excluding hydrogens is 286 g/mol. The smallest absolute Gasteiger partial charge is 0.244 e. The largest absolute Gasteiger partial charge is 0.326 e. The molecule has 0 aliphatic heterocycles. The van der Waals surface area contributed by atoms with E-state index in [-0.39, 0.29) is 12.1 Å². The lowest BCUT2D eigenvalue weighted by Gasteiger charge is -2.28. The normalized spacial score (nSPS) is 12.7. The minimum absolute atomic E-state index is 0.0709. The standard InChI is InChI=1S/C13H20F2N2O2S/c1-4-13(3,5-2)17-20(18,19)11-7-9(8-16)6-10(14)12(11)15/h6-7,17H,4-5,8,16H2,1-3H3. The fourth-order valence-electron chi connectivity index (χ4n) is 1.70. The summed E-state index contributed by atoms with van der Waals surface area (Å²) in [6.45, 7) is 5.28. The molecule has 0 atom stereocenters. The zero-order valence-electron chi connectivity index (χ0n) is 11.8. The Labute approximate surface area is 118 Å². The highest BCUT2D eigenvalue weighted by Gasteiger charge is 2.30. The van der Waals surface area contributed by atoms with Crippen molar-refractivity contribution in [2.75, 3.05) is 0 Å². The van der Waals surface area contributed by atoms with Crippen LogP contribution in [0.5, 0.6) is 0 Å². The lowest BCUT2D eigenvalue weighted by molar-refractivity contribution is 0.386. The first-order valence-electron chi connectivity index (χ1n) is 6.41. The van der Waals surface area contributed by atoms with Crippen LogP contribution < -0.4 is 10.5 Å². The van der Waals surface area contributed by atoms with E-state index < -0.39 is 32.1 Å². The van der Waals surface area contributed by atoms with Crippen LogP contribution >= 0.6 is 0 Å². The van der Waals surface area contributed by atoms with E-state index in [4.69, 9.17) is 5.73 Å². The van der Waals surface area contributed by atoms with E-state index in [0.717, 1.165) is 12.1 Å². The van der Waals surface area contributed by atoms with Gasteiger partial charge in [0.2, 0.25) is 10.0 Å². The molecule has 0 unspecified atom stereocenters. The van der Waals surface area contributed by atoms with Crippen LogP contribution in [0.3, 0.4) is 0 Å². The van der Waals surface area contributed by atoms with Crippen molar-refractivity contribution in [3.05, 3.63) is 29.3 Å². The first kappa shape index (κ1) is 17.0. The molecule has 0 saturated heterocycles. The molecule has 0 aliphatic carbocycles. The second-order valence-corrected chi connectivity index (χ2v) is 6.62. The van der Waals surface area contributed by atoms with Gasteiger partial charge >= 0.3 is 0 Å². The van der Waals surface area contributed by atoms with Crippen LogP contribution in [0.15, 0.2) is 17.0 Å². The lowest BCUT2D eigenvalue weighted by Crippen LogP contribution is -2.45. The minimum Gasteiger partial charge on any atom is -0.326 e. The number of sulfonamides is 1. The third-order valence-corrected chi connectivity index (χ3v) is 5.16. The molecule has 1 rings (SSSR count). The summed E-state index contributed by atoms with van der Waals surface area (Å²) in [5, 5.41) is 0. The fourth-order valence-corrected chi connectivity index (χ4v) is 3.39. The van der Waals surface area contributed by atoms with Gasteiger partial charge in [0.05, 0.1) is 0 Å². The molecule has 0 aromatic heterocycles. The van der Waals surface area contributed by atoms with E-state index in [1.807, 2.05) is 13.8 Å². The maximum Gasteiger partial charge on any atom is 0.244 e. The molecule has 20 heavy (non-hydrogen) atoms. The molecule has 0 heterocycles. The van der Waals surface area contributed by atoms with Gasteiger partial charge in [0.25, 0.3) is 0 Å². The molecule has 0 bridgehead atoms. The number of halogens is 2. The van der Waals surface area contributed by atoms with Crippen molar-refractivity contribution in [2.45, 2.75) is 50.6 Å². The molecule has 4 nitrogen and oxygen atoms in total. The Kier molecular flexibility index (Phi) is 5.23. The van der Waals surface area contributed by atoms with Crippen LogP contribution in [0.25, 0.3) is 0 Å². The van der Waals surface area contributed by atoms with Crippen LogP contribution in [0, 0.1) is 11.6 Å². The SMILES string of the molecule is CCC(C)(CC)NS(=O)(=O)c1cc(CN)cc(F)c1F. The maximum absolute atomic E-state index is 13.8. The summed E-state index contributed by atoms with van der Waals surface area (Å²) >= 11 is 0. The van der Waals surface area contributed by atoms with Gasteiger partial charge in [-0.25, -0.2) is 21.9 Å². The fraction of sp³-hybridized carbons (Fsp3) is 0.538. The van der Waals surface area contributed by atoms with E-state index in [2.05, 4.69) is 4.72 Å². The van der Waals surface area contributed by atoms with Gasteiger partial charge in [-0.15, -0.1) is 0 Å². The van der Waals surface area contributed by atoms with Crippen molar-refractivity contribution < 1.29 is 17.2 Å². The summed E-state index contributed by atoms with van der Waals surface area (Å²) in [7, 11) is -4.15. The molecule has 0 amide bonds. The Morgan fingerprint density at radius 2 is 1.80 bits per heavy atom. The van der Waals surface area contributed by atoms with Crippen LogP contribution in [-0.4, -0.2) is 14.0 Å². The summed E-state index contributed by atoms with van der Waals surface area (Å²) in [6.07, 6.45) is 1.06. The third kappa shape index (κ3) is 3.53. The van der Waals surface area contributed by atoms with Crippen LogP contribution in [0.1, 0.15) is 39.2 Å². The molecule has 7 heteroatoms. The predicted octanol–water partition coefficient (Wildman–Crippen LogP) is 2.28. The quantitative estimate of drug-likeness (QED) is 0.847. The van der Waals surface area contributed by atoms with E-state index in [1.165, 1.54) is 0 Å². The number of rotatable bonds is 6. The van der Waals surface area contributed by atoms with E-state index in [0.29, 0.717) is 12.8 Å². The molecule has 1 aromatic rings. The summed E-state index contributed by atoms with van der Waals surface area (Å²) in [5.41, 5.74) is 4.87. The first-order chi connectivity index (χ1) is 9.19. The number of hydrogen-bond acceptors (Lipinski definition) is 3. The zero-order chi connectivity index (χ0) is 15.6. The highest BCUT2D eigenvalue weighted by molar-refractivity contribution is 7.89. The molecule has 1 aromatic carbocycles. The minimum atomic E-state index is -4.15. The Bertz CT molecular complexity index is 584. The summed E-state index contributed by atoms with van der Waals surface area (Å²) in [4.78, 5) is -0.703. The van der Waals surface area contributed by atoms with Gasteiger partial charge in [0, 0.05) is 12.1 Å². The molecule has 0 aliphatic rings. The summed E-state index contributed by atoms with van der Waals surface area (Å²) < 4.78 is 54.1. The molecule has 0 saturated carbocycles. The average molecular weight is 306 g/mol. The van der Waals surface area contributed by atoms with Crippen LogP contribution in [0.4, 0.5) is 8.78 Å². The van der Waals surface area contributed by atoms with Gasteiger partial charge in [0.15, 0.2) is 11.6 Å². The zero-order valence-corrected chi connectivity index (χ0v) is 12.7. The number of benzene rings is 1. The Morgan fingerprint density at radius 1 is 1.25 bits per heavy atom. The van der Waals surface area contributed by atoms with Crippen molar-refractivity contribution in [3.63, 3.8) is 0 Å². The van der Waals surface area contributed by atoms with Crippen molar-refractivity contribution in [1.82, 2.24) is 4.72 Å². The van der Waals surface area contributed by atoms with Crippen molar-refractivity contribution in [1.29, 1.82) is 0 Å². The maximum atomic E-state index is 13.8. The molecule has 3 N–H and O–H groups in total. The molecule has 0 fully saturated rings. The van der Waals surface area contributed by atoms with Crippen LogP contribution in [0.2, 0.25) is 0 Å². The second-order valence-electron chi connectivity index (χ2n) is 4.97. The molecule has 114 valence electrons. The van der Waals surface area contributed by atoms with E-state index in [1.54, 1.807) is 6.92 Å². The van der Waals surface area contributed by atoms with Gasteiger partial charge in [-0.05, 0) is 37.5 Å². The lowest BCUT2D eigenvalue weighted by atomic mass is 9.98. The van der Waals surface area contributed by atoms with Crippen LogP contribution in [-0.2, 0) is 16.6 Å². The number of nitrogens with two attached hydrogens (primary N) is 1. The van der Waals surface area contributed by atoms with Gasteiger partial charge in [-0.3, -0.25) is 0 Å². The second kappa shape index (κ2) is 6.15. The van der Waals surface area contributed by atoms with Crippen molar-refractivity contribution >= 4 is 10.0 Å². The average Bonchev–Trinajstić information content (AvgIpc) is 2.40. The van der Waals surface area contributed by atoms with E-state index in [9.17, 15) is 17.2 Å². The summed E-state index contributed by atoms with van der Waals surface area (Å²) in [6, 6.07) is 1.96. The number of nitrogens with one attached hydrogen (secondary N) is 1. The monoisotopic (exact) mass is 306 g/mol. The van der Waals surface area contributed by atoms with E-state index >= 15 is 0 Å². The van der Waals surface area contributed by atoms with Gasteiger partial charge < -0.3 is 5.73 Å². The van der Waals surface area contributed by atoms with Crippen molar-refractivity contribution in [3.8, 4) is 0 Å². The number of hydrogen-bond donors (Lipinski definition) is 2. The first-order valence-corrected chi connectivity index (χ1v) is 7.89. The Balaban J connectivity index is 3.32. The van der Waals surface area contributed by atoms with Gasteiger partial charge in [-0.1, -0.05) is 13.8 Å². The predicted molar refractivity (Wildman–Crippen MR) is 73.6 cm³/mol. The highest BCUT2D eigenvalue weighted by atomic mass is 32.2. The highest BCUT2D eigenvalue weighted by Crippen LogP contribution is 2.23. The molecule has 0 spiro atoms. The van der Waals surface area contributed by atoms with Gasteiger partial charge in [0.1, 0.15) is 4.90 Å². The van der Waals surface area contributed by atoms with Crippen molar-refractivity contribution in [2.24, 2.45) is 5.73 Å². The Morgan fingerprint density at radius 3 is 2.25 bits per heavy atom. The Hall–Kier alpha value is -1.05. The molecule has 0 radical (unpaired) electrons. The molecular formula is C13H20F2N2O2S. The topological polar surface area (TPSA) is 72.2 Å². The van der Waals surface area contributed by atoms with Gasteiger partial charge in [-0.2, -0.15) is 0 Å².